The first-order valence-corrected chi connectivity index (χ1v) is 10.6. The Kier molecular flexibility index (Phi) is 7.82. The van der Waals surface area contributed by atoms with Crippen LogP contribution in [0.3, 0.4) is 0 Å². The predicted molar refractivity (Wildman–Crippen MR) is 117 cm³/mol. The highest BCUT2D eigenvalue weighted by Gasteiger charge is 2.20. The van der Waals surface area contributed by atoms with Crippen LogP contribution in [0.4, 0.5) is 5.69 Å². The fourth-order valence-corrected chi connectivity index (χ4v) is 3.71. The Hall–Kier alpha value is -2.66. The Bertz CT molecular complexity index is 807. The molecule has 1 fully saturated rings. The molecule has 0 radical (unpaired) electrons. The minimum Gasteiger partial charge on any atom is -0.337 e. The number of nitrogens with one attached hydrogen (secondary N) is 1. The zero-order valence-corrected chi connectivity index (χ0v) is 17.3. The lowest BCUT2D eigenvalue weighted by Crippen LogP contribution is -2.35. The summed E-state index contributed by atoms with van der Waals surface area (Å²) in [5.74, 6) is -0.000695. The molecular formula is C24H31N3O2. The van der Waals surface area contributed by atoms with Crippen molar-refractivity contribution in [2.45, 2.75) is 32.6 Å². The van der Waals surface area contributed by atoms with Crippen LogP contribution in [0.15, 0.2) is 54.6 Å². The van der Waals surface area contributed by atoms with Gasteiger partial charge in [-0.3, -0.25) is 9.59 Å². The standard InChI is InChI=1S/C24H31N3O2/c1-2-23(28)25-22-13-6-12-21(19-22)24(29)27-16-8-15-26(17-18-27)14-7-11-20-9-4-3-5-10-20/h3-6,9-10,12-13,19H,2,7-8,11,14-18H2,1H3,(H,25,28). The molecule has 1 aliphatic heterocycles. The summed E-state index contributed by atoms with van der Waals surface area (Å²) in [6.07, 6.45) is 3.64. The predicted octanol–water partition coefficient (Wildman–Crippen LogP) is 3.82. The Labute approximate surface area is 173 Å². The Morgan fingerprint density at radius 2 is 1.79 bits per heavy atom. The van der Waals surface area contributed by atoms with Gasteiger partial charge in [0.2, 0.25) is 5.91 Å². The number of carbonyl (C=O) groups excluding carboxylic acids is 2. The molecule has 0 spiro atoms. The Morgan fingerprint density at radius 3 is 2.59 bits per heavy atom. The number of nitrogens with zero attached hydrogens (tertiary/aromatic N) is 2. The van der Waals surface area contributed by atoms with Gasteiger partial charge < -0.3 is 15.1 Å². The first-order chi connectivity index (χ1) is 14.2. The van der Waals surface area contributed by atoms with Crippen LogP contribution < -0.4 is 5.32 Å². The van der Waals surface area contributed by atoms with Gasteiger partial charge in [0, 0.05) is 37.3 Å². The normalized spacial score (nSPS) is 15.0. The van der Waals surface area contributed by atoms with Crippen LogP contribution in [-0.4, -0.2) is 54.3 Å². The van der Waals surface area contributed by atoms with E-state index in [1.165, 1.54) is 5.56 Å². The van der Waals surface area contributed by atoms with Gasteiger partial charge in [0.05, 0.1) is 0 Å². The first-order valence-electron chi connectivity index (χ1n) is 10.6. The minimum absolute atomic E-state index is 0.0451. The van der Waals surface area contributed by atoms with Gasteiger partial charge in [-0.15, -0.1) is 0 Å². The molecule has 0 unspecified atom stereocenters. The van der Waals surface area contributed by atoms with E-state index in [1.54, 1.807) is 6.07 Å². The summed E-state index contributed by atoms with van der Waals surface area (Å²) < 4.78 is 0. The monoisotopic (exact) mass is 393 g/mol. The Morgan fingerprint density at radius 1 is 0.966 bits per heavy atom. The van der Waals surface area contributed by atoms with E-state index >= 15 is 0 Å². The largest absolute Gasteiger partial charge is 0.337 e. The minimum atomic E-state index is -0.0458. The number of rotatable bonds is 7. The van der Waals surface area contributed by atoms with Crippen molar-refractivity contribution >= 4 is 17.5 Å². The average Bonchev–Trinajstić information content (AvgIpc) is 3.00. The van der Waals surface area contributed by atoms with Crippen LogP contribution in [0.5, 0.6) is 0 Å². The summed E-state index contributed by atoms with van der Waals surface area (Å²) in [5, 5.41) is 2.83. The number of hydrogen-bond acceptors (Lipinski definition) is 3. The van der Waals surface area contributed by atoms with Gasteiger partial charge in [-0.2, -0.15) is 0 Å². The Balaban J connectivity index is 1.50. The molecular weight excluding hydrogens is 362 g/mol. The molecule has 3 rings (SSSR count). The van der Waals surface area contributed by atoms with Crippen molar-refractivity contribution in [1.82, 2.24) is 9.80 Å². The van der Waals surface area contributed by atoms with Gasteiger partial charge in [-0.25, -0.2) is 0 Å². The van der Waals surface area contributed by atoms with E-state index in [9.17, 15) is 9.59 Å². The SMILES string of the molecule is CCC(=O)Nc1cccc(C(=O)N2CCCN(CCCc3ccccc3)CC2)c1. The van der Waals surface area contributed by atoms with Crippen molar-refractivity contribution < 1.29 is 9.59 Å². The second-order valence-electron chi connectivity index (χ2n) is 7.56. The highest BCUT2D eigenvalue weighted by Crippen LogP contribution is 2.15. The number of aryl methyl sites for hydroxylation is 1. The van der Waals surface area contributed by atoms with Crippen LogP contribution in [0.2, 0.25) is 0 Å². The van der Waals surface area contributed by atoms with E-state index in [4.69, 9.17) is 0 Å². The maximum absolute atomic E-state index is 13.0. The van der Waals surface area contributed by atoms with E-state index < -0.39 is 0 Å². The third-order valence-electron chi connectivity index (χ3n) is 5.37. The number of benzene rings is 2. The molecule has 1 saturated heterocycles. The van der Waals surface area contributed by atoms with Crippen molar-refractivity contribution in [2.75, 3.05) is 38.0 Å². The smallest absolute Gasteiger partial charge is 0.253 e. The summed E-state index contributed by atoms with van der Waals surface area (Å²) in [6, 6.07) is 17.8. The van der Waals surface area contributed by atoms with Crippen LogP contribution in [-0.2, 0) is 11.2 Å². The molecule has 154 valence electrons. The van der Waals surface area contributed by atoms with E-state index in [-0.39, 0.29) is 11.8 Å². The fourth-order valence-electron chi connectivity index (χ4n) is 3.71. The third kappa shape index (κ3) is 6.43. The molecule has 1 heterocycles. The van der Waals surface area contributed by atoms with E-state index in [0.717, 1.165) is 52.0 Å². The molecule has 2 amide bonds. The van der Waals surface area contributed by atoms with E-state index in [2.05, 4.69) is 40.5 Å². The van der Waals surface area contributed by atoms with Gasteiger partial charge in [-0.05, 0) is 56.1 Å². The van der Waals surface area contributed by atoms with Crippen molar-refractivity contribution in [3.8, 4) is 0 Å². The summed E-state index contributed by atoms with van der Waals surface area (Å²) >= 11 is 0. The zero-order chi connectivity index (χ0) is 20.5. The molecule has 0 aliphatic carbocycles. The lowest BCUT2D eigenvalue weighted by atomic mass is 10.1. The van der Waals surface area contributed by atoms with Gasteiger partial charge in [0.25, 0.3) is 5.91 Å². The topological polar surface area (TPSA) is 52.7 Å². The van der Waals surface area contributed by atoms with E-state index in [0.29, 0.717) is 17.7 Å². The molecule has 2 aromatic carbocycles. The summed E-state index contributed by atoms with van der Waals surface area (Å²) in [6.45, 7) is 6.34. The molecule has 29 heavy (non-hydrogen) atoms. The zero-order valence-electron chi connectivity index (χ0n) is 17.3. The van der Waals surface area contributed by atoms with Gasteiger partial charge >= 0.3 is 0 Å². The summed E-state index contributed by atoms with van der Waals surface area (Å²) in [4.78, 5) is 29.0. The summed E-state index contributed by atoms with van der Waals surface area (Å²) in [7, 11) is 0. The summed E-state index contributed by atoms with van der Waals surface area (Å²) in [5.41, 5.74) is 2.70. The molecule has 5 heteroatoms. The number of carbonyl (C=O) groups is 2. The highest BCUT2D eigenvalue weighted by molar-refractivity contribution is 5.97. The third-order valence-corrected chi connectivity index (χ3v) is 5.37. The maximum Gasteiger partial charge on any atom is 0.253 e. The van der Waals surface area contributed by atoms with Gasteiger partial charge in [0.15, 0.2) is 0 Å². The molecule has 1 aliphatic rings. The van der Waals surface area contributed by atoms with Crippen molar-refractivity contribution in [1.29, 1.82) is 0 Å². The second kappa shape index (κ2) is 10.8. The average molecular weight is 394 g/mol. The molecule has 1 N–H and O–H groups in total. The van der Waals surface area contributed by atoms with Crippen LogP contribution in [0.25, 0.3) is 0 Å². The molecule has 2 aromatic rings. The number of anilines is 1. The lowest BCUT2D eigenvalue weighted by Gasteiger charge is -2.22. The number of hydrogen-bond donors (Lipinski definition) is 1. The van der Waals surface area contributed by atoms with Gasteiger partial charge in [0.1, 0.15) is 0 Å². The van der Waals surface area contributed by atoms with Crippen LogP contribution in [0, 0.1) is 0 Å². The molecule has 0 aromatic heterocycles. The van der Waals surface area contributed by atoms with Crippen LogP contribution in [0.1, 0.15) is 42.1 Å². The lowest BCUT2D eigenvalue weighted by molar-refractivity contribution is -0.115. The highest BCUT2D eigenvalue weighted by atomic mass is 16.2. The van der Waals surface area contributed by atoms with Gasteiger partial charge in [-0.1, -0.05) is 43.3 Å². The molecule has 0 atom stereocenters. The van der Waals surface area contributed by atoms with Crippen LogP contribution >= 0.6 is 0 Å². The second-order valence-corrected chi connectivity index (χ2v) is 7.56. The van der Waals surface area contributed by atoms with Crippen molar-refractivity contribution in [2.24, 2.45) is 0 Å². The maximum atomic E-state index is 13.0. The first kappa shape index (κ1) is 21.1. The molecule has 0 bridgehead atoms. The molecule has 0 saturated carbocycles. The van der Waals surface area contributed by atoms with Crippen molar-refractivity contribution in [3.05, 3.63) is 65.7 Å². The van der Waals surface area contributed by atoms with E-state index in [1.807, 2.05) is 30.0 Å². The fraction of sp³-hybridized carbons (Fsp3) is 0.417. The van der Waals surface area contributed by atoms with Crippen molar-refractivity contribution in [3.63, 3.8) is 0 Å². The quantitative estimate of drug-likeness (QED) is 0.778. The number of amides is 2. The molecule has 5 nitrogen and oxygen atoms in total.